The summed E-state index contributed by atoms with van der Waals surface area (Å²) in [6.45, 7) is 15.0. The molecule has 5 rings (SSSR count). The monoisotopic (exact) mass is 458 g/mol. The Balaban J connectivity index is 1.50. The first-order valence-corrected chi connectivity index (χ1v) is 16.3. The van der Waals surface area contributed by atoms with E-state index in [0.717, 1.165) is 58.2 Å². The summed E-state index contributed by atoms with van der Waals surface area (Å²) in [7, 11) is -1.88. The molecule has 1 aliphatic heterocycles. The smallest absolute Gasteiger partial charge is 0.185 e. The summed E-state index contributed by atoms with van der Waals surface area (Å²) in [5.74, 6) is 0.996. The van der Waals surface area contributed by atoms with Crippen molar-refractivity contribution in [2.45, 2.75) is 103 Å². The van der Waals surface area contributed by atoms with Gasteiger partial charge in [-0.05, 0) is 63.6 Å². The molecule has 0 aromatic rings. The summed E-state index contributed by atoms with van der Waals surface area (Å²) in [5, 5.41) is 0. The molecule has 0 aromatic heterocycles. The highest BCUT2D eigenvalue weighted by Gasteiger charge is 2.66. The second-order valence-corrected chi connectivity index (χ2v) is 16.9. The molecule has 178 valence electrons. The maximum absolute atomic E-state index is 13.5. The van der Waals surface area contributed by atoms with Crippen LogP contribution in [0, 0.1) is 22.7 Å². The van der Waals surface area contributed by atoms with E-state index >= 15 is 0 Å². The van der Waals surface area contributed by atoms with E-state index in [1.54, 1.807) is 5.57 Å². The van der Waals surface area contributed by atoms with Crippen LogP contribution in [0.1, 0.15) is 72.1 Å². The number of fused-ring (bicyclic) bond motifs is 5. The van der Waals surface area contributed by atoms with Gasteiger partial charge in [0.25, 0.3) is 0 Å². The second kappa shape index (κ2) is 7.37. The fraction of sp³-hybridized carbons (Fsp3) is 0.815. The van der Waals surface area contributed by atoms with Crippen LogP contribution in [-0.4, -0.2) is 38.7 Å². The van der Waals surface area contributed by atoms with E-state index in [1.165, 1.54) is 5.57 Å². The van der Waals surface area contributed by atoms with E-state index < -0.39 is 13.9 Å². The van der Waals surface area contributed by atoms with Gasteiger partial charge in [0.05, 0.1) is 13.2 Å². The van der Waals surface area contributed by atoms with E-state index in [0.29, 0.717) is 24.0 Å². The highest BCUT2D eigenvalue weighted by Crippen LogP contribution is 2.67. The zero-order chi connectivity index (χ0) is 23.0. The van der Waals surface area contributed by atoms with E-state index in [1.807, 2.05) is 6.92 Å². The number of carbonyl (C=O) groups is 1. The number of hydrogen-bond acceptors (Lipinski definition) is 4. The highest BCUT2D eigenvalue weighted by atomic mass is 28.4. The van der Waals surface area contributed by atoms with E-state index in [4.69, 9.17) is 13.9 Å². The lowest BCUT2D eigenvalue weighted by atomic mass is 9.50. The standard InChI is InChI=1S/C27H42O4Si/c1-7-23(28)27(31-32(4,5)6)13-11-22-20-9-8-19-18-26(29-16-17-30-26)15-14-24(19,2)21(20)10-12-25(22,27)3/h8,10,20,22H,7,9,11-18H2,1-6H3/t20-,22+,24+,25+,27+/m1/s1. The Morgan fingerprint density at radius 3 is 2.50 bits per heavy atom. The van der Waals surface area contributed by atoms with Crippen molar-refractivity contribution in [2.24, 2.45) is 22.7 Å². The molecule has 1 spiro atoms. The van der Waals surface area contributed by atoms with Crippen molar-refractivity contribution in [1.29, 1.82) is 0 Å². The van der Waals surface area contributed by atoms with E-state index in [2.05, 4.69) is 45.6 Å². The van der Waals surface area contributed by atoms with Gasteiger partial charge in [0.15, 0.2) is 19.9 Å². The Kier molecular flexibility index (Phi) is 5.30. The maximum Gasteiger partial charge on any atom is 0.185 e. The number of ketones is 1. The molecule has 2 saturated carbocycles. The van der Waals surface area contributed by atoms with Crippen LogP contribution in [-0.2, 0) is 18.7 Å². The third kappa shape index (κ3) is 3.14. The van der Waals surface area contributed by atoms with Gasteiger partial charge in [-0.2, -0.15) is 0 Å². The molecule has 0 N–H and O–H groups in total. The lowest BCUT2D eigenvalue weighted by Crippen LogP contribution is -2.59. The van der Waals surface area contributed by atoms with Crippen LogP contribution in [0.5, 0.6) is 0 Å². The van der Waals surface area contributed by atoms with Crippen LogP contribution in [0.15, 0.2) is 23.3 Å². The average Bonchev–Trinajstić information content (AvgIpc) is 3.30. The molecule has 5 aliphatic rings. The van der Waals surface area contributed by atoms with Gasteiger partial charge in [-0.15, -0.1) is 0 Å². The first-order valence-electron chi connectivity index (χ1n) is 12.9. The average molecular weight is 459 g/mol. The first-order chi connectivity index (χ1) is 15.0. The number of ether oxygens (including phenoxy) is 2. The minimum atomic E-state index is -1.88. The lowest BCUT2D eigenvalue weighted by Gasteiger charge is -2.56. The number of carbonyl (C=O) groups excluding carboxylic acids is 1. The Hall–Kier alpha value is -0.753. The molecule has 4 aliphatic carbocycles. The number of allylic oxidation sites excluding steroid dienone is 3. The quantitative estimate of drug-likeness (QED) is 0.373. The van der Waals surface area contributed by atoms with Gasteiger partial charge in [0.1, 0.15) is 5.60 Å². The molecule has 0 unspecified atom stereocenters. The first kappa shape index (κ1) is 23.0. The molecule has 0 aromatic carbocycles. The molecule has 5 heteroatoms. The summed E-state index contributed by atoms with van der Waals surface area (Å²) in [5.41, 5.74) is 2.56. The molecule has 0 amide bonds. The predicted molar refractivity (Wildman–Crippen MR) is 129 cm³/mol. The van der Waals surface area contributed by atoms with Gasteiger partial charge in [0.2, 0.25) is 0 Å². The molecule has 32 heavy (non-hydrogen) atoms. The molecule has 1 heterocycles. The van der Waals surface area contributed by atoms with E-state index in [9.17, 15) is 4.79 Å². The number of rotatable bonds is 4. The molecule has 0 radical (unpaired) electrons. The Bertz CT molecular complexity index is 863. The van der Waals surface area contributed by atoms with Gasteiger partial charge in [-0.3, -0.25) is 4.79 Å². The second-order valence-electron chi connectivity index (χ2n) is 12.4. The van der Waals surface area contributed by atoms with Crippen molar-refractivity contribution in [3.05, 3.63) is 23.3 Å². The molecule has 0 bridgehead atoms. The minimum absolute atomic E-state index is 0.107. The fourth-order valence-electron chi connectivity index (χ4n) is 8.14. The highest BCUT2D eigenvalue weighted by molar-refractivity contribution is 6.70. The third-order valence-corrected chi connectivity index (χ3v) is 10.6. The predicted octanol–water partition coefficient (Wildman–Crippen LogP) is 6.18. The number of Topliss-reactive ketones (excluding diaryl/α,β-unsaturated/α-hetero) is 1. The van der Waals surface area contributed by atoms with Crippen molar-refractivity contribution < 1.29 is 18.7 Å². The van der Waals surface area contributed by atoms with Crippen LogP contribution in [0.25, 0.3) is 0 Å². The zero-order valence-electron chi connectivity index (χ0n) is 21.0. The molecule has 5 atom stereocenters. The number of hydrogen-bond donors (Lipinski definition) is 0. The zero-order valence-corrected chi connectivity index (χ0v) is 22.0. The summed E-state index contributed by atoms with van der Waals surface area (Å²) in [4.78, 5) is 13.5. The van der Waals surface area contributed by atoms with Crippen LogP contribution >= 0.6 is 0 Å². The van der Waals surface area contributed by atoms with Gasteiger partial charge < -0.3 is 13.9 Å². The minimum Gasteiger partial charge on any atom is -0.405 e. The molecular formula is C27H42O4Si. The fourth-order valence-corrected chi connectivity index (χ4v) is 9.64. The molecule has 4 nitrogen and oxygen atoms in total. The van der Waals surface area contributed by atoms with Gasteiger partial charge in [-0.25, -0.2) is 0 Å². The maximum atomic E-state index is 13.5. The van der Waals surface area contributed by atoms with Gasteiger partial charge in [0, 0.05) is 30.1 Å². The topological polar surface area (TPSA) is 44.8 Å². The largest absolute Gasteiger partial charge is 0.405 e. The summed E-state index contributed by atoms with van der Waals surface area (Å²) >= 11 is 0. The Labute approximate surface area is 195 Å². The van der Waals surface area contributed by atoms with Crippen molar-refractivity contribution in [2.75, 3.05) is 13.2 Å². The molecule has 3 fully saturated rings. The molecule has 1 saturated heterocycles. The summed E-state index contributed by atoms with van der Waals surface area (Å²) in [6, 6.07) is 0. The summed E-state index contributed by atoms with van der Waals surface area (Å²) < 4.78 is 19.1. The summed E-state index contributed by atoms with van der Waals surface area (Å²) in [6.07, 6.45) is 12.6. The van der Waals surface area contributed by atoms with Crippen molar-refractivity contribution in [1.82, 2.24) is 0 Å². The molecular weight excluding hydrogens is 416 g/mol. The lowest BCUT2D eigenvalue weighted by molar-refractivity contribution is -0.176. The van der Waals surface area contributed by atoms with Crippen LogP contribution in [0.4, 0.5) is 0 Å². The van der Waals surface area contributed by atoms with Crippen molar-refractivity contribution in [3.8, 4) is 0 Å². The van der Waals surface area contributed by atoms with Gasteiger partial charge >= 0.3 is 0 Å². The van der Waals surface area contributed by atoms with Crippen molar-refractivity contribution in [3.63, 3.8) is 0 Å². The normalized spacial score (nSPS) is 42.7. The van der Waals surface area contributed by atoms with Crippen LogP contribution in [0.2, 0.25) is 19.6 Å². The van der Waals surface area contributed by atoms with E-state index in [-0.39, 0.29) is 16.6 Å². The van der Waals surface area contributed by atoms with Gasteiger partial charge in [-0.1, -0.05) is 44.1 Å². The van der Waals surface area contributed by atoms with Crippen molar-refractivity contribution >= 4 is 14.1 Å². The Morgan fingerprint density at radius 1 is 1.12 bits per heavy atom. The van der Waals surface area contributed by atoms with Crippen LogP contribution < -0.4 is 0 Å². The SMILES string of the molecule is CCC(=O)[C@@]1(O[Si](C)(C)C)CC[C@H]2[C@@H]3CC=C4CC5(CC[C@]4(C)C3=CC[C@@]21C)OCCO5. The Morgan fingerprint density at radius 2 is 1.84 bits per heavy atom. The third-order valence-electron chi connectivity index (χ3n) is 9.67. The van der Waals surface area contributed by atoms with Crippen LogP contribution in [0.3, 0.4) is 0 Å².